The summed E-state index contributed by atoms with van der Waals surface area (Å²) in [5.41, 5.74) is -0.410. The van der Waals surface area contributed by atoms with Crippen molar-refractivity contribution in [2.24, 2.45) is 5.92 Å². The highest BCUT2D eigenvalue weighted by Crippen LogP contribution is 2.23. The molecule has 1 aliphatic heterocycles. The first-order valence-electron chi connectivity index (χ1n) is 4.55. The summed E-state index contributed by atoms with van der Waals surface area (Å²) in [6, 6.07) is 0. The van der Waals surface area contributed by atoms with Crippen LogP contribution in [0.1, 0.15) is 33.1 Å². The molecule has 1 aliphatic rings. The molecule has 0 aliphatic carbocycles. The lowest BCUT2D eigenvalue weighted by molar-refractivity contribution is -0.00189. The van der Waals surface area contributed by atoms with Crippen LogP contribution in [0.4, 0.5) is 0 Å². The van der Waals surface area contributed by atoms with Gasteiger partial charge in [-0.3, -0.25) is 0 Å². The smallest absolute Gasteiger partial charge is 0.0774 e. The highest BCUT2D eigenvalue weighted by molar-refractivity contribution is 4.85. The minimum atomic E-state index is -0.410. The Morgan fingerprint density at radius 1 is 1.55 bits per heavy atom. The van der Waals surface area contributed by atoms with E-state index in [0.717, 1.165) is 32.4 Å². The molecule has 2 N–H and O–H groups in total. The van der Waals surface area contributed by atoms with Crippen molar-refractivity contribution in [3.05, 3.63) is 0 Å². The summed E-state index contributed by atoms with van der Waals surface area (Å²) in [5, 5.41) is 13.2. The minimum Gasteiger partial charge on any atom is -0.389 e. The van der Waals surface area contributed by atoms with E-state index < -0.39 is 5.60 Å². The molecule has 2 nitrogen and oxygen atoms in total. The second kappa shape index (κ2) is 3.55. The maximum atomic E-state index is 9.98. The van der Waals surface area contributed by atoms with Crippen LogP contribution in [0.3, 0.4) is 0 Å². The Balaban J connectivity index is 2.37. The molecule has 0 radical (unpaired) electrons. The van der Waals surface area contributed by atoms with Crippen LogP contribution in [0.15, 0.2) is 0 Å². The summed E-state index contributed by atoms with van der Waals surface area (Å²) in [5.74, 6) is 0.597. The summed E-state index contributed by atoms with van der Waals surface area (Å²) < 4.78 is 0. The van der Waals surface area contributed by atoms with E-state index in [1.807, 2.05) is 0 Å². The largest absolute Gasteiger partial charge is 0.389 e. The number of β-amino-alcohol motifs (C(OH)–C–C–N with tert-alkyl or cyclic N) is 1. The van der Waals surface area contributed by atoms with Crippen LogP contribution in [0.25, 0.3) is 0 Å². The lowest BCUT2D eigenvalue weighted by Crippen LogP contribution is -2.46. The summed E-state index contributed by atoms with van der Waals surface area (Å²) in [4.78, 5) is 0. The highest BCUT2D eigenvalue weighted by atomic mass is 16.3. The van der Waals surface area contributed by atoms with E-state index in [-0.39, 0.29) is 0 Å². The molecule has 1 rings (SSSR count). The Morgan fingerprint density at radius 3 is 2.73 bits per heavy atom. The lowest BCUT2D eigenvalue weighted by atomic mass is 9.86. The van der Waals surface area contributed by atoms with E-state index in [4.69, 9.17) is 0 Å². The Labute approximate surface area is 69.0 Å². The number of aliphatic hydroxyl groups is 1. The van der Waals surface area contributed by atoms with E-state index in [9.17, 15) is 5.11 Å². The first-order chi connectivity index (χ1) is 5.12. The Hall–Kier alpha value is -0.0800. The predicted molar refractivity (Wildman–Crippen MR) is 46.5 cm³/mol. The van der Waals surface area contributed by atoms with Crippen LogP contribution in [-0.4, -0.2) is 23.8 Å². The number of hydrogen-bond acceptors (Lipinski definition) is 2. The van der Waals surface area contributed by atoms with Crippen LogP contribution in [0.5, 0.6) is 0 Å². The van der Waals surface area contributed by atoms with Crippen molar-refractivity contribution >= 4 is 0 Å². The second-order valence-corrected chi connectivity index (χ2v) is 4.10. The van der Waals surface area contributed by atoms with Crippen molar-refractivity contribution in [2.45, 2.75) is 38.7 Å². The van der Waals surface area contributed by atoms with Gasteiger partial charge in [-0.25, -0.2) is 0 Å². The summed E-state index contributed by atoms with van der Waals surface area (Å²) in [6.45, 7) is 6.17. The Morgan fingerprint density at radius 2 is 2.27 bits per heavy atom. The maximum absolute atomic E-state index is 9.98. The van der Waals surface area contributed by atoms with Crippen LogP contribution >= 0.6 is 0 Å². The van der Waals surface area contributed by atoms with E-state index in [1.165, 1.54) is 0 Å². The third-order valence-corrected chi connectivity index (χ3v) is 2.24. The van der Waals surface area contributed by atoms with Gasteiger partial charge in [0.15, 0.2) is 0 Å². The first kappa shape index (κ1) is 9.01. The molecule has 11 heavy (non-hydrogen) atoms. The van der Waals surface area contributed by atoms with E-state index in [0.29, 0.717) is 5.92 Å². The van der Waals surface area contributed by atoms with Gasteiger partial charge in [-0.05, 0) is 31.7 Å². The molecule has 1 atom stereocenters. The highest BCUT2D eigenvalue weighted by Gasteiger charge is 2.29. The molecule has 0 aromatic rings. The zero-order valence-electron chi connectivity index (χ0n) is 7.56. The van der Waals surface area contributed by atoms with Gasteiger partial charge >= 0.3 is 0 Å². The molecule has 0 aromatic carbocycles. The molecule has 0 saturated carbocycles. The third kappa shape index (κ3) is 2.80. The third-order valence-electron chi connectivity index (χ3n) is 2.24. The molecule has 66 valence electrons. The monoisotopic (exact) mass is 157 g/mol. The zero-order chi connectivity index (χ0) is 8.32. The van der Waals surface area contributed by atoms with E-state index >= 15 is 0 Å². The van der Waals surface area contributed by atoms with E-state index in [1.54, 1.807) is 0 Å². The van der Waals surface area contributed by atoms with Gasteiger partial charge in [0, 0.05) is 6.54 Å². The topological polar surface area (TPSA) is 32.3 Å². The molecular formula is C9H19NO. The quantitative estimate of drug-likeness (QED) is 0.630. The van der Waals surface area contributed by atoms with Crippen molar-refractivity contribution < 1.29 is 5.11 Å². The average molecular weight is 157 g/mol. The molecular weight excluding hydrogens is 138 g/mol. The standard InChI is InChI=1S/C9H19NO/c1-8(2)6-9(11)4-3-5-10-7-9/h8,10-11H,3-7H2,1-2H3. The normalized spacial score (nSPS) is 32.7. The predicted octanol–water partition coefficient (Wildman–Crippen LogP) is 1.15. The fourth-order valence-electron chi connectivity index (χ4n) is 1.89. The van der Waals surface area contributed by atoms with Gasteiger partial charge in [0.25, 0.3) is 0 Å². The van der Waals surface area contributed by atoms with Gasteiger partial charge in [-0.15, -0.1) is 0 Å². The van der Waals surface area contributed by atoms with Gasteiger partial charge < -0.3 is 10.4 Å². The number of nitrogens with one attached hydrogen (secondary N) is 1. The zero-order valence-corrected chi connectivity index (χ0v) is 7.56. The van der Waals surface area contributed by atoms with Crippen molar-refractivity contribution in [1.29, 1.82) is 0 Å². The van der Waals surface area contributed by atoms with Crippen molar-refractivity contribution in [3.63, 3.8) is 0 Å². The van der Waals surface area contributed by atoms with Gasteiger partial charge in [-0.1, -0.05) is 13.8 Å². The molecule has 0 amide bonds. The number of rotatable bonds is 2. The lowest BCUT2D eigenvalue weighted by Gasteiger charge is -2.33. The van der Waals surface area contributed by atoms with E-state index in [2.05, 4.69) is 19.2 Å². The van der Waals surface area contributed by atoms with Gasteiger partial charge in [0.2, 0.25) is 0 Å². The van der Waals surface area contributed by atoms with Crippen molar-refractivity contribution in [2.75, 3.05) is 13.1 Å². The summed E-state index contributed by atoms with van der Waals surface area (Å²) in [6.07, 6.45) is 3.02. The molecule has 0 aromatic heterocycles. The summed E-state index contributed by atoms with van der Waals surface area (Å²) in [7, 11) is 0. The van der Waals surface area contributed by atoms with Crippen molar-refractivity contribution in [1.82, 2.24) is 5.32 Å². The van der Waals surface area contributed by atoms with Crippen LogP contribution in [-0.2, 0) is 0 Å². The van der Waals surface area contributed by atoms with Crippen molar-refractivity contribution in [3.8, 4) is 0 Å². The minimum absolute atomic E-state index is 0.410. The molecule has 0 spiro atoms. The molecule has 2 heteroatoms. The fraction of sp³-hybridized carbons (Fsp3) is 1.00. The summed E-state index contributed by atoms with van der Waals surface area (Å²) >= 11 is 0. The molecule has 1 unspecified atom stereocenters. The van der Waals surface area contributed by atoms with Gasteiger partial charge in [-0.2, -0.15) is 0 Å². The Kier molecular flexibility index (Phi) is 2.90. The van der Waals surface area contributed by atoms with Gasteiger partial charge in [0.1, 0.15) is 0 Å². The average Bonchev–Trinajstić information content (AvgIpc) is 1.85. The first-order valence-corrected chi connectivity index (χ1v) is 4.55. The molecule has 1 fully saturated rings. The number of piperidine rings is 1. The molecule has 0 bridgehead atoms. The molecule has 1 saturated heterocycles. The van der Waals surface area contributed by atoms with Crippen LogP contribution in [0, 0.1) is 5.92 Å². The van der Waals surface area contributed by atoms with Crippen LogP contribution < -0.4 is 5.32 Å². The fourth-order valence-corrected chi connectivity index (χ4v) is 1.89. The number of hydrogen-bond donors (Lipinski definition) is 2. The Bertz CT molecular complexity index is 117. The van der Waals surface area contributed by atoms with Gasteiger partial charge in [0.05, 0.1) is 5.60 Å². The molecule has 1 heterocycles. The SMILES string of the molecule is CC(C)CC1(O)CCCNC1. The maximum Gasteiger partial charge on any atom is 0.0774 e. The van der Waals surface area contributed by atoms with Crippen LogP contribution in [0.2, 0.25) is 0 Å². The second-order valence-electron chi connectivity index (χ2n) is 4.10.